The van der Waals surface area contributed by atoms with E-state index in [0.717, 1.165) is 27.9 Å². The molecule has 1 saturated carbocycles. The van der Waals surface area contributed by atoms with Gasteiger partial charge in [0.2, 0.25) is 15.7 Å². The summed E-state index contributed by atoms with van der Waals surface area (Å²) in [5, 5.41) is 9.06. The van der Waals surface area contributed by atoms with Crippen molar-refractivity contribution in [3.8, 4) is 5.69 Å². The first-order chi connectivity index (χ1) is 17.7. The first kappa shape index (κ1) is 22.2. The van der Waals surface area contributed by atoms with Crippen molar-refractivity contribution in [2.75, 3.05) is 0 Å². The Morgan fingerprint density at radius 3 is 2.62 bits per heavy atom. The summed E-state index contributed by atoms with van der Waals surface area (Å²) >= 11 is 0. The van der Waals surface area contributed by atoms with Crippen molar-refractivity contribution >= 4 is 32.9 Å². The second kappa shape index (κ2) is 7.28. The zero-order chi connectivity index (χ0) is 25.6. The average molecular weight is 520 g/mol. The standard InChI is InChI=1S/C26H22FN5O4S/c1-16-14-31(15-28-16)22-8-3-17(21-13-29-35-23(21)22)11-18-12-26(9-10-26)37(33,34)32-24(18)30-36-25(32,2)19-4-6-20(27)7-5-19/h3-8,11,13-15H,9-10,12H2,1-2H3. The van der Waals surface area contributed by atoms with E-state index in [2.05, 4.69) is 15.3 Å². The number of halogens is 1. The van der Waals surface area contributed by atoms with Crippen molar-refractivity contribution in [1.82, 2.24) is 19.0 Å². The van der Waals surface area contributed by atoms with Gasteiger partial charge in [0, 0.05) is 24.3 Å². The molecule has 9 nitrogen and oxygen atoms in total. The molecule has 2 fully saturated rings. The smallest absolute Gasteiger partial charge is 0.247 e. The quantitative estimate of drug-likeness (QED) is 0.391. The number of sulfonamides is 1. The van der Waals surface area contributed by atoms with Crippen LogP contribution in [0.25, 0.3) is 22.7 Å². The molecule has 1 unspecified atom stereocenters. The van der Waals surface area contributed by atoms with Crippen LogP contribution in [0.2, 0.25) is 0 Å². The van der Waals surface area contributed by atoms with Gasteiger partial charge in [-0.05, 0) is 56.0 Å². The van der Waals surface area contributed by atoms with Crippen molar-refractivity contribution in [1.29, 1.82) is 0 Å². The molecular weight excluding hydrogens is 497 g/mol. The topological polar surface area (TPSA) is 103 Å². The number of hydrogen-bond acceptors (Lipinski definition) is 7. The van der Waals surface area contributed by atoms with E-state index in [4.69, 9.17) is 9.36 Å². The maximum atomic E-state index is 13.8. The fourth-order valence-corrected chi connectivity index (χ4v) is 7.62. The Labute approximate surface area is 211 Å². The van der Waals surface area contributed by atoms with Crippen LogP contribution < -0.4 is 0 Å². The first-order valence-corrected chi connectivity index (χ1v) is 13.3. The third-order valence-corrected chi connectivity index (χ3v) is 10.2. The summed E-state index contributed by atoms with van der Waals surface area (Å²) in [7, 11) is -3.79. The van der Waals surface area contributed by atoms with Crippen LogP contribution in [0, 0.1) is 12.7 Å². The molecule has 37 heavy (non-hydrogen) atoms. The number of aromatic nitrogens is 3. The largest absolute Gasteiger partial charge is 0.359 e. The van der Waals surface area contributed by atoms with E-state index in [0.29, 0.717) is 30.4 Å². The molecule has 1 atom stereocenters. The Balaban J connectivity index is 1.36. The summed E-state index contributed by atoms with van der Waals surface area (Å²) in [4.78, 5) is 10.1. The molecule has 4 heterocycles. The predicted molar refractivity (Wildman–Crippen MR) is 133 cm³/mol. The van der Waals surface area contributed by atoms with Crippen molar-refractivity contribution in [2.24, 2.45) is 5.16 Å². The zero-order valence-electron chi connectivity index (χ0n) is 20.1. The lowest BCUT2D eigenvalue weighted by atomic mass is 9.99. The highest BCUT2D eigenvalue weighted by Gasteiger charge is 2.67. The minimum Gasteiger partial charge on any atom is -0.359 e. The molecule has 1 saturated heterocycles. The van der Waals surface area contributed by atoms with E-state index in [9.17, 15) is 12.8 Å². The fourth-order valence-electron chi connectivity index (χ4n) is 5.30. The van der Waals surface area contributed by atoms with Crippen molar-refractivity contribution < 1.29 is 22.2 Å². The highest BCUT2D eigenvalue weighted by atomic mass is 32.2. The average Bonchev–Trinajstić information content (AvgIpc) is 3.20. The molecule has 0 bridgehead atoms. The number of benzene rings is 2. The summed E-state index contributed by atoms with van der Waals surface area (Å²) in [5.41, 5.74) is 2.90. The van der Waals surface area contributed by atoms with E-state index < -0.39 is 26.3 Å². The zero-order valence-corrected chi connectivity index (χ0v) is 20.9. The Kier molecular flexibility index (Phi) is 4.38. The van der Waals surface area contributed by atoms with Gasteiger partial charge in [0.25, 0.3) is 0 Å². The molecule has 188 valence electrons. The summed E-state index contributed by atoms with van der Waals surface area (Å²) < 4.78 is 49.1. The Morgan fingerprint density at radius 1 is 1.14 bits per heavy atom. The number of oxime groups is 1. The fraction of sp³-hybridized carbons (Fsp3) is 0.269. The van der Waals surface area contributed by atoms with Gasteiger partial charge < -0.3 is 13.9 Å². The first-order valence-electron chi connectivity index (χ1n) is 11.9. The summed E-state index contributed by atoms with van der Waals surface area (Å²) in [6, 6.07) is 9.49. The summed E-state index contributed by atoms with van der Waals surface area (Å²) in [5.74, 6) is -0.178. The number of imidazole rings is 1. The second-order valence-electron chi connectivity index (χ2n) is 9.96. The maximum Gasteiger partial charge on any atom is 0.247 e. The van der Waals surface area contributed by atoms with E-state index >= 15 is 0 Å². The molecule has 3 aliphatic rings. The van der Waals surface area contributed by atoms with Gasteiger partial charge in [-0.1, -0.05) is 28.5 Å². The van der Waals surface area contributed by atoms with Crippen LogP contribution in [-0.2, 0) is 20.6 Å². The third-order valence-electron chi connectivity index (χ3n) is 7.52. The molecule has 2 aromatic heterocycles. The molecule has 2 aromatic carbocycles. The van der Waals surface area contributed by atoms with Crippen LogP contribution in [-0.4, -0.2) is 38.0 Å². The number of nitrogens with zero attached hydrogens (tertiary/aromatic N) is 5. The van der Waals surface area contributed by atoms with E-state index in [1.165, 1.54) is 28.6 Å². The van der Waals surface area contributed by atoms with Crippen LogP contribution >= 0.6 is 0 Å². The second-order valence-corrected chi connectivity index (χ2v) is 12.1. The van der Waals surface area contributed by atoms with Crippen LogP contribution in [0.15, 0.2) is 70.4 Å². The molecule has 0 amide bonds. The highest BCUT2D eigenvalue weighted by molar-refractivity contribution is 7.91. The van der Waals surface area contributed by atoms with Crippen LogP contribution in [0.5, 0.6) is 0 Å². The molecule has 7 rings (SSSR count). The van der Waals surface area contributed by atoms with E-state index in [1.807, 2.05) is 35.9 Å². The normalized spacial score (nSPS) is 24.4. The number of fused-ring (bicyclic) bond motifs is 2. The molecule has 11 heteroatoms. The lowest BCUT2D eigenvalue weighted by Crippen LogP contribution is -2.55. The predicted octanol–water partition coefficient (Wildman–Crippen LogP) is 4.63. The molecule has 1 spiro atoms. The van der Waals surface area contributed by atoms with Gasteiger partial charge in [0.15, 0.2) is 11.4 Å². The molecule has 4 aromatic rings. The number of aryl methyl sites for hydroxylation is 1. The molecule has 0 radical (unpaired) electrons. The van der Waals surface area contributed by atoms with Crippen molar-refractivity contribution in [3.05, 3.63) is 83.3 Å². The molecule has 0 N–H and O–H groups in total. The van der Waals surface area contributed by atoms with E-state index in [-0.39, 0.29) is 5.84 Å². The number of rotatable bonds is 3. The Morgan fingerprint density at radius 2 is 1.92 bits per heavy atom. The van der Waals surface area contributed by atoms with Gasteiger partial charge in [-0.2, -0.15) is 0 Å². The molecule has 2 aliphatic heterocycles. The minimum absolute atomic E-state index is 0.239. The molecular formula is C26H22FN5O4S. The number of amidine groups is 1. The van der Waals surface area contributed by atoms with Gasteiger partial charge in [-0.3, -0.25) is 0 Å². The van der Waals surface area contributed by atoms with Crippen LogP contribution in [0.3, 0.4) is 0 Å². The highest BCUT2D eigenvalue weighted by Crippen LogP contribution is 2.57. The van der Waals surface area contributed by atoms with Crippen LogP contribution in [0.1, 0.15) is 43.0 Å². The lowest BCUT2D eigenvalue weighted by Gasteiger charge is -2.40. The van der Waals surface area contributed by atoms with Gasteiger partial charge in [-0.25, -0.2) is 22.1 Å². The summed E-state index contributed by atoms with van der Waals surface area (Å²) in [6.45, 7) is 3.56. The van der Waals surface area contributed by atoms with E-state index in [1.54, 1.807) is 19.4 Å². The van der Waals surface area contributed by atoms with Crippen molar-refractivity contribution in [3.63, 3.8) is 0 Å². The third kappa shape index (κ3) is 3.06. The van der Waals surface area contributed by atoms with Gasteiger partial charge in [0.1, 0.15) is 5.82 Å². The Hall–Kier alpha value is -3.99. The SMILES string of the molecule is Cc1cn(-c2ccc(C=C3CC4(CC4)S(=O)(=O)N4C3=NOC4(C)c3ccc(F)cc3)c3cnoc23)cn1. The maximum absolute atomic E-state index is 13.8. The monoisotopic (exact) mass is 519 g/mol. The summed E-state index contributed by atoms with van der Waals surface area (Å²) in [6.07, 6.45) is 8.62. The van der Waals surface area contributed by atoms with Gasteiger partial charge in [-0.15, -0.1) is 0 Å². The van der Waals surface area contributed by atoms with Crippen LogP contribution in [0.4, 0.5) is 4.39 Å². The Bertz CT molecular complexity index is 1750. The van der Waals surface area contributed by atoms with Gasteiger partial charge >= 0.3 is 0 Å². The van der Waals surface area contributed by atoms with Crippen molar-refractivity contribution in [2.45, 2.75) is 43.6 Å². The lowest BCUT2D eigenvalue weighted by molar-refractivity contribution is -0.0612. The van der Waals surface area contributed by atoms with Gasteiger partial charge in [0.05, 0.1) is 34.0 Å². The minimum atomic E-state index is -3.79. The molecule has 1 aliphatic carbocycles. The number of hydrogen-bond donors (Lipinski definition) is 0.